The monoisotopic (exact) mass is 297 g/mol. The second-order valence-corrected chi connectivity index (χ2v) is 5.85. The second-order valence-electron chi connectivity index (χ2n) is 4.54. The Morgan fingerprint density at radius 3 is 3.10 bits per heavy atom. The van der Waals surface area contributed by atoms with Crippen LogP contribution >= 0.6 is 11.8 Å². The fourth-order valence-electron chi connectivity index (χ4n) is 1.95. The van der Waals surface area contributed by atoms with Crippen molar-refractivity contribution < 1.29 is 9.53 Å². The molecule has 1 N–H and O–H groups in total. The first-order chi connectivity index (χ1) is 9.72. The highest BCUT2D eigenvalue weighted by molar-refractivity contribution is 8.00. The van der Waals surface area contributed by atoms with Crippen molar-refractivity contribution in [3.8, 4) is 0 Å². The maximum Gasteiger partial charge on any atom is 0.233 e. The minimum Gasteiger partial charge on any atom is -0.381 e. The first-order valence-electron chi connectivity index (χ1n) is 6.63. The highest BCUT2D eigenvalue weighted by Gasteiger charge is 2.23. The van der Waals surface area contributed by atoms with Crippen molar-refractivity contribution in [1.29, 1.82) is 0 Å². The Kier molecular flexibility index (Phi) is 5.54. The zero-order chi connectivity index (χ0) is 14.4. The lowest BCUT2D eigenvalue weighted by molar-refractivity contribution is -0.120. The summed E-state index contributed by atoms with van der Waals surface area (Å²) in [7, 11) is 0. The van der Waals surface area contributed by atoms with E-state index in [1.165, 1.54) is 11.8 Å². The van der Waals surface area contributed by atoms with Crippen LogP contribution in [0.15, 0.2) is 17.8 Å². The molecule has 1 aromatic heterocycles. The van der Waals surface area contributed by atoms with Gasteiger partial charge in [-0.15, -0.1) is 11.7 Å². The van der Waals surface area contributed by atoms with Gasteiger partial charge in [0.1, 0.15) is 0 Å². The molecule has 1 aromatic rings. The van der Waals surface area contributed by atoms with E-state index in [1.54, 1.807) is 6.08 Å². The smallest absolute Gasteiger partial charge is 0.233 e. The lowest BCUT2D eigenvalue weighted by Crippen LogP contribution is -2.31. The Hall–Kier alpha value is -1.41. The van der Waals surface area contributed by atoms with Gasteiger partial charge in [0.25, 0.3) is 0 Å². The van der Waals surface area contributed by atoms with E-state index in [-0.39, 0.29) is 17.2 Å². The van der Waals surface area contributed by atoms with E-state index < -0.39 is 0 Å². The van der Waals surface area contributed by atoms with Crippen LogP contribution in [0.3, 0.4) is 0 Å². The molecule has 1 aliphatic rings. The fourth-order valence-corrected chi connectivity index (χ4v) is 2.83. The number of hydrogen-bond donors (Lipinski definition) is 1. The average molecular weight is 297 g/mol. The van der Waals surface area contributed by atoms with Gasteiger partial charge in [0, 0.05) is 19.8 Å². The van der Waals surface area contributed by atoms with Gasteiger partial charge in [-0.25, -0.2) is 4.68 Å². The van der Waals surface area contributed by atoms with Crippen LogP contribution in [-0.2, 0) is 9.53 Å². The summed E-state index contributed by atoms with van der Waals surface area (Å²) in [5.41, 5.74) is 0. The maximum atomic E-state index is 11.8. The Bertz CT molecular complexity index is 458. The quantitative estimate of drug-likeness (QED) is 0.618. The predicted molar refractivity (Wildman–Crippen MR) is 75.4 cm³/mol. The van der Waals surface area contributed by atoms with Crippen molar-refractivity contribution in [2.45, 2.75) is 36.2 Å². The number of amides is 1. The Morgan fingerprint density at radius 2 is 2.40 bits per heavy atom. The molecule has 1 saturated heterocycles. The molecule has 0 spiro atoms. The third-order valence-electron chi connectivity index (χ3n) is 3.07. The molecule has 7 nitrogen and oxygen atoms in total. The highest BCUT2D eigenvalue weighted by Crippen LogP contribution is 2.27. The third kappa shape index (κ3) is 3.80. The lowest BCUT2D eigenvalue weighted by Gasteiger charge is -2.22. The number of aromatic nitrogens is 4. The number of nitrogens with one attached hydrogen (secondary N) is 1. The van der Waals surface area contributed by atoms with E-state index >= 15 is 0 Å². The summed E-state index contributed by atoms with van der Waals surface area (Å²) in [6.07, 6.45) is 3.45. The molecule has 0 saturated carbocycles. The lowest BCUT2D eigenvalue weighted by atomic mass is 10.1. The molecular weight excluding hydrogens is 278 g/mol. The predicted octanol–water partition coefficient (Wildman–Crippen LogP) is 0.807. The van der Waals surface area contributed by atoms with Gasteiger partial charge in [-0.05, 0) is 30.2 Å². The summed E-state index contributed by atoms with van der Waals surface area (Å²) in [6, 6.07) is 0.254. The first kappa shape index (κ1) is 15.0. The summed E-state index contributed by atoms with van der Waals surface area (Å²) in [5.74, 6) is -0.0450. The van der Waals surface area contributed by atoms with E-state index in [2.05, 4.69) is 27.4 Å². The van der Waals surface area contributed by atoms with Gasteiger partial charge in [-0.2, -0.15) is 0 Å². The Balaban J connectivity index is 1.97. The Morgan fingerprint density at radius 1 is 1.65 bits per heavy atom. The van der Waals surface area contributed by atoms with E-state index in [4.69, 9.17) is 4.74 Å². The molecule has 1 aliphatic heterocycles. The molecule has 0 radical (unpaired) electrons. The molecule has 1 fully saturated rings. The summed E-state index contributed by atoms with van der Waals surface area (Å²) >= 11 is 1.37. The van der Waals surface area contributed by atoms with Gasteiger partial charge in [-0.3, -0.25) is 4.79 Å². The largest absolute Gasteiger partial charge is 0.381 e. The van der Waals surface area contributed by atoms with Crippen LogP contribution in [0, 0.1) is 0 Å². The molecule has 1 atom stereocenters. The fraction of sp³-hybridized carbons (Fsp3) is 0.667. The average Bonchev–Trinajstić information content (AvgIpc) is 2.93. The number of ether oxygens (including phenoxy) is 1. The topological polar surface area (TPSA) is 81.9 Å². The third-order valence-corrected chi connectivity index (χ3v) is 4.12. The second kappa shape index (κ2) is 7.39. The summed E-state index contributed by atoms with van der Waals surface area (Å²) in [6.45, 7) is 7.33. The minimum absolute atomic E-state index is 0.0450. The summed E-state index contributed by atoms with van der Waals surface area (Å²) in [5, 5.41) is 15.0. The zero-order valence-electron chi connectivity index (χ0n) is 11.5. The van der Waals surface area contributed by atoms with Crippen molar-refractivity contribution in [3.63, 3.8) is 0 Å². The molecule has 8 heteroatoms. The summed E-state index contributed by atoms with van der Waals surface area (Å²) < 4.78 is 7.15. The number of thioether (sulfide) groups is 1. The van der Waals surface area contributed by atoms with Crippen molar-refractivity contribution >= 4 is 17.7 Å². The number of rotatable bonds is 6. The number of nitrogens with zero attached hydrogens (tertiary/aromatic N) is 4. The zero-order valence-corrected chi connectivity index (χ0v) is 12.3. The molecule has 0 bridgehead atoms. The Labute approximate surface area is 122 Å². The van der Waals surface area contributed by atoms with E-state index in [9.17, 15) is 4.79 Å². The standard InChI is InChI=1S/C12H19N5O2S/c1-3-6-13-11(18)9(2)20-12-14-15-16-17(12)10-4-7-19-8-5-10/h3,9-10H,1,4-8H2,2H3,(H,13,18). The molecule has 0 aromatic carbocycles. The van der Waals surface area contributed by atoms with Crippen molar-refractivity contribution in [2.24, 2.45) is 0 Å². The summed E-state index contributed by atoms with van der Waals surface area (Å²) in [4.78, 5) is 11.8. The molecule has 0 aliphatic carbocycles. The van der Waals surface area contributed by atoms with Gasteiger partial charge in [0.2, 0.25) is 11.1 Å². The van der Waals surface area contributed by atoms with Crippen LogP contribution in [0.5, 0.6) is 0 Å². The van der Waals surface area contributed by atoms with Crippen LogP contribution < -0.4 is 5.32 Å². The molecule has 110 valence electrons. The van der Waals surface area contributed by atoms with Crippen LogP contribution in [0.4, 0.5) is 0 Å². The number of tetrazole rings is 1. The van der Waals surface area contributed by atoms with E-state index in [1.807, 2.05) is 11.6 Å². The van der Waals surface area contributed by atoms with Crippen molar-refractivity contribution in [2.75, 3.05) is 19.8 Å². The number of hydrogen-bond acceptors (Lipinski definition) is 6. The van der Waals surface area contributed by atoms with Crippen molar-refractivity contribution in [1.82, 2.24) is 25.5 Å². The van der Waals surface area contributed by atoms with Gasteiger partial charge in [0.15, 0.2) is 0 Å². The van der Waals surface area contributed by atoms with Crippen LogP contribution in [0.25, 0.3) is 0 Å². The van der Waals surface area contributed by atoms with E-state index in [0.717, 1.165) is 26.1 Å². The maximum absolute atomic E-state index is 11.8. The van der Waals surface area contributed by atoms with Gasteiger partial charge >= 0.3 is 0 Å². The molecule has 2 rings (SSSR count). The van der Waals surface area contributed by atoms with Crippen LogP contribution in [0.2, 0.25) is 0 Å². The molecular formula is C12H19N5O2S. The number of carbonyl (C=O) groups excluding carboxylic acids is 1. The molecule has 1 amide bonds. The number of carbonyl (C=O) groups is 1. The molecule has 2 heterocycles. The van der Waals surface area contributed by atoms with Gasteiger partial charge in [0.05, 0.1) is 11.3 Å². The van der Waals surface area contributed by atoms with Gasteiger partial charge < -0.3 is 10.1 Å². The highest BCUT2D eigenvalue weighted by atomic mass is 32.2. The SMILES string of the molecule is C=CCNC(=O)C(C)Sc1nnnn1C1CCOCC1. The minimum atomic E-state index is -0.250. The first-order valence-corrected chi connectivity index (χ1v) is 7.51. The van der Waals surface area contributed by atoms with Crippen molar-refractivity contribution in [3.05, 3.63) is 12.7 Å². The van der Waals surface area contributed by atoms with E-state index in [0.29, 0.717) is 11.7 Å². The molecule has 20 heavy (non-hydrogen) atoms. The van der Waals surface area contributed by atoms with Crippen LogP contribution in [0.1, 0.15) is 25.8 Å². The van der Waals surface area contributed by atoms with Crippen LogP contribution in [-0.4, -0.2) is 51.1 Å². The van der Waals surface area contributed by atoms with Gasteiger partial charge in [-0.1, -0.05) is 17.8 Å². The molecule has 1 unspecified atom stereocenters. The normalized spacial score (nSPS) is 17.6.